The highest BCUT2D eigenvalue weighted by Gasteiger charge is 2.14. The smallest absolute Gasteiger partial charge is 0.187 e. The molecule has 0 amide bonds. The molecule has 4 nitrogen and oxygen atoms in total. The van der Waals surface area contributed by atoms with Gasteiger partial charge in [0.1, 0.15) is 0 Å². The Morgan fingerprint density at radius 3 is 1.86 bits per heavy atom. The maximum atomic E-state index is 9.22. The highest BCUT2D eigenvalue weighted by molar-refractivity contribution is 6.13. The van der Waals surface area contributed by atoms with Gasteiger partial charge in [0.2, 0.25) is 0 Å². The van der Waals surface area contributed by atoms with E-state index in [1.54, 1.807) is 0 Å². The van der Waals surface area contributed by atoms with Gasteiger partial charge in [-0.15, -0.1) is 0 Å². The van der Waals surface area contributed by atoms with Crippen molar-refractivity contribution in [1.29, 1.82) is 5.26 Å². The summed E-state index contributed by atoms with van der Waals surface area (Å²) in [6, 6.07) is 45.5. The van der Waals surface area contributed by atoms with E-state index in [9.17, 15) is 5.26 Å². The Labute approximate surface area is 253 Å². The summed E-state index contributed by atoms with van der Waals surface area (Å²) in [5, 5.41) is 14.6. The first-order valence-electron chi connectivity index (χ1n) is 14.3. The minimum absolute atomic E-state index is 0.603. The van der Waals surface area contributed by atoms with E-state index in [0.717, 1.165) is 60.5 Å². The number of pyridine rings is 2. The number of fused-ring (bicyclic) bond motifs is 5. The lowest BCUT2D eigenvalue weighted by molar-refractivity contribution is 1.40. The number of benzene rings is 6. The molecule has 6 aromatic carbocycles. The number of aromatic nitrogens is 2. The van der Waals surface area contributed by atoms with Crippen LogP contribution in [0.2, 0.25) is 0 Å². The fraction of sp³-hybridized carbons (Fsp3) is 0. The van der Waals surface area contributed by atoms with Crippen molar-refractivity contribution in [3.8, 4) is 39.4 Å². The predicted molar refractivity (Wildman–Crippen MR) is 179 cm³/mol. The van der Waals surface area contributed by atoms with Gasteiger partial charge in [0.15, 0.2) is 5.69 Å². The summed E-state index contributed by atoms with van der Waals surface area (Å²) in [4.78, 5) is 13.3. The Hall–Kier alpha value is -6.36. The van der Waals surface area contributed by atoms with Crippen LogP contribution in [0, 0.1) is 17.9 Å². The summed E-state index contributed by atoms with van der Waals surface area (Å²) in [6.45, 7) is 7.41. The first-order chi connectivity index (χ1) is 21.7. The third-order valence-electron chi connectivity index (χ3n) is 8.33. The summed E-state index contributed by atoms with van der Waals surface area (Å²) in [5.41, 5.74) is 10.6. The Kier molecular flexibility index (Phi) is 5.86. The molecule has 2 heterocycles. The molecular weight excluding hydrogens is 536 g/mol. The van der Waals surface area contributed by atoms with Crippen LogP contribution in [0.15, 0.2) is 134 Å². The van der Waals surface area contributed by atoms with Crippen molar-refractivity contribution in [3.63, 3.8) is 0 Å². The lowest BCUT2D eigenvalue weighted by atomic mass is 9.91. The van der Waals surface area contributed by atoms with Crippen molar-refractivity contribution in [2.45, 2.75) is 0 Å². The minimum Gasteiger partial charge on any atom is -0.254 e. The fourth-order valence-corrected chi connectivity index (χ4v) is 6.19. The zero-order valence-electron chi connectivity index (χ0n) is 23.5. The molecule has 0 aliphatic heterocycles. The number of hydrogen-bond donors (Lipinski definition) is 0. The largest absolute Gasteiger partial charge is 0.254 e. The second-order valence-electron chi connectivity index (χ2n) is 10.8. The molecule has 0 aliphatic rings. The molecule has 2 aromatic heterocycles. The molecule has 44 heavy (non-hydrogen) atoms. The molecule has 0 N–H and O–H groups in total. The molecule has 8 aromatic rings. The van der Waals surface area contributed by atoms with Crippen LogP contribution in [0.4, 0.5) is 5.69 Å². The maximum Gasteiger partial charge on any atom is 0.187 e. The molecule has 0 radical (unpaired) electrons. The quantitative estimate of drug-likeness (QED) is 0.123. The van der Waals surface area contributed by atoms with Gasteiger partial charge >= 0.3 is 0 Å². The normalized spacial score (nSPS) is 11.1. The van der Waals surface area contributed by atoms with Gasteiger partial charge in [0.05, 0.1) is 34.8 Å². The third kappa shape index (κ3) is 4.14. The van der Waals surface area contributed by atoms with Gasteiger partial charge in [-0.3, -0.25) is 4.98 Å². The summed E-state index contributed by atoms with van der Waals surface area (Å²) in [6.07, 6.45) is 1.81. The number of nitrogens with zero attached hydrogens (tertiary/aromatic N) is 4. The van der Waals surface area contributed by atoms with Crippen LogP contribution in [0.1, 0.15) is 5.56 Å². The van der Waals surface area contributed by atoms with Gasteiger partial charge < -0.3 is 0 Å². The Morgan fingerprint density at radius 2 is 1.20 bits per heavy atom. The number of rotatable bonds is 3. The molecule has 0 atom stereocenters. The number of nitriles is 1. The van der Waals surface area contributed by atoms with Gasteiger partial charge in [0.25, 0.3) is 0 Å². The topological polar surface area (TPSA) is 53.9 Å². The van der Waals surface area contributed by atoms with Crippen molar-refractivity contribution >= 4 is 49.2 Å². The van der Waals surface area contributed by atoms with E-state index in [1.165, 1.54) is 16.3 Å². The first kappa shape index (κ1) is 25.4. The average Bonchev–Trinajstić information content (AvgIpc) is 3.10. The zero-order chi connectivity index (χ0) is 29.6. The zero-order valence-corrected chi connectivity index (χ0v) is 23.5. The van der Waals surface area contributed by atoms with Crippen LogP contribution in [0.5, 0.6) is 0 Å². The molecule has 4 heteroatoms. The van der Waals surface area contributed by atoms with E-state index in [0.29, 0.717) is 11.3 Å². The Bertz CT molecular complexity index is 2500. The SMILES string of the molecule is [C-]#[N+]c1ccc2nc3c(cc(-c4ccc(-c5ccc(-c6ccc(C#N)cc6)c6ccccc56)cc4)c4cccnc43)cc2c1. The molecule has 0 saturated heterocycles. The van der Waals surface area contributed by atoms with E-state index < -0.39 is 0 Å². The van der Waals surface area contributed by atoms with Crippen LogP contribution < -0.4 is 0 Å². The highest BCUT2D eigenvalue weighted by atomic mass is 14.7. The van der Waals surface area contributed by atoms with Gasteiger partial charge in [0, 0.05) is 17.0 Å². The predicted octanol–water partition coefficient (Wildman–Crippen LogP) is 10.5. The molecule has 0 bridgehead atoms. The fourth-order valence-electron chi connectivity index (χ4n) is 6.19. The van der Waals surface area contributed by atoms with Gasteiger partial charge in [-0.25, -0.2) is 9.83 Å². The average molecular weight is 559 g/mol. The highest BCUT2D eigenvalue weighted by Crippen LogP contribution is 2.38. The summed E-state index contributed by atoms with van der Waals surface area (Å²) < 4.78 is 0. The van der Waals surface area contributed by atoms with Crippen molar-refractivity contribution in [2.75, 3.05) is 0 Å². The molecular formula is C40H22N4. The molecule has 0 unspecified atom stereocenters. The first-order valence-corrected chi connectivity index (χ1v) is 14.3. The maximum absolute atomic E-state index is 9.22. The van der Waals surface area contributed by atoms with E-state index >= 15 is 0 Å². The minimum atomic E-state index is 0.603. The van der Waals surface area contributed by atoms with Gasteiger partial charge in [-0.1, -0.05) is 84.9 Å². The van der Waals surface area contributed by atoms with Crippen LogP contribution in [0.25, 0.3) is 81.7 Å². The van der Waals surface area contributed by atoms with Crippen molar-refractivity contribution in [2.24, 2.45) is 0 Å². The van der Waals surface area contributed by atoms with Crippen LogP contribution in [-0.4, -0.2) is 9.97 Å². The van der Waals surface area contributed by atoms with E-state index in [4.69, 9.17) is 16.5 Å². The lowest BCUT2D eigenvalue weighted by Crippen LogP contribution is -1.91. The molecule has 8 rings (SSSR count). The van der Waals surface area contributed by atoms with Gasteiger partial charge in [-0.2, -0.15) is 5.26 Å². The van der Waals surface area contributed by atoms with Crippen LogP contribution in [0.3, 0.4) is 0 Å². The monoisotopic (exact) mass is 558 g/mol. The van der Waals surface area contributed by atoms with Crippen LogP contribution >= 0.6 is 0 Å². The summed E-state index contributed by atoms with van der Waals surface area (Å²) >= 11 is 0. The molecule has 0 saturated carbocycles. The molecule has 0 spiro atoms. The molecule has 0 aliphatic carbocycles. The lowest BCUT2D eigenvalue weighted by Gasteiger charge is -2.14. The second-order valence-corrected chi connectivity index (χ2v) is 10.8. The van der Waals surface area contributed by atoms with Crippen molar-refractivity contribution in [1.82, 2.24) is 9.97 Å². The second kappa shape index (κ2) is 10.2. The van der Waals surface area contributed by atoms with Gasteiger partial charge in [-0.05, 0) is 92.0 Å². The van der Waals surface area contributed by atoms with Crippen molar-refractivity contribution < 1.29 is 0 Å². The summed E-state index contributed by atoms with van der Waals surface area (Å²) in [7, 11) is 0. The Balaban J connectivity index is 1.25. The van der Waals surface area contributed by atoms with E-state index in [2.05, 4.69) is 89.8 Å². The van der Waals surface area contributed by atoms with E-state index in [1.807, 2.05) is 54.7 Å². The molecule has 202 valence electrons. The molecule has 0 fully saturated rings. The standard InChI is InChI=1S/C40H22N4/c1-42-31-16-19-38-29(22-31)21-30-23-37(36-7-4-20-43-40(36)39(30)44-38)28-14-12-27(13-15-28)33-18-17-32(34-5-2-3-6-35(33)34)26-10-8-25(24-41)9-11-26/h2-23H. The van der Waals surface area contributed by atoms with Crippen molar-refractivity contribution in [3.05, 3.63) is 151 Å². The Morgan fingerprint density at radius 1 is 0.568 bits per heavy atom. The summed E-state index contributed by atoms with van der Waals surface area (Å²) in [5.74, 6) is 0. The third-order valence-corrected chi connectivity index (χ3v) is 8.33. The van der Waals surface area contributed by atoms with Crippen LogP contribution in [-0.2, 0) is 0 Å². The number of hydrogen-bond acceptors (Lipinski definition) is 3. The van der Waals surface area contributed by atoms with E-state index in [-0.39, 0.29) is 0 Å².